The molecule has 1 N–H and O–H groups in total. The number of aryl methyl sites for hydroxylation is 2. The van der Waals surface area contributed by atoms with Crippen molar-refractivity contribution in [3.63, 3.8) is 0 Å². The highest BCUT2D eigenvalue weighted by Crippen LogP contribution is 2.33. The van der Waals surface area contributed by atoms with Gasteiger partial charge < -0.3 is 14.6 Å². The lowest BCUT2D eigenvalue weighted by Gasteiger charge is -2.19. The molecule has 0 aliphatic rings. The highest BCUT2D eigenvalue weighted by Gasteiger charge is 2.25. The zero-order valence-electron chi connectivity index (χ0n) is 11.2. The molecular formula is C12H22N2O3. The van der Waals surface area contributed by atoms with E-state index in [1.165, 1.54) is 0 Å². The molecule has 1 aromatic rings. The Morgan fingerprint density at radius 3 is 2.59 bits per heavy atom. The smallest absolute Gasteiger partial charge is 0.217 e. The summed E-state index contributed by atoms with van der Waals surface area (Å²) in [6, 6.07) is 0. The normalized spacial score (nSPS) is 14.7. The standard InChI is InChI=1S/C12H22N2O3/c1-8(6-7-16-4)11(15)10-9(2)13-14(3)12(10)17-5/h8,11,15H,6-7H2,1-5H3. The molecule has 0 saturated heterocycles. The topological polar surface area (TPSA) is 56.5 Å². The Morgan fingerprint density at radius 2 is 2.06 bits per heavy atom. The van der Waals surface area contributed by atoms with Gasteiger partial charge in [-0.1, -0.05) is 6.92 Å². The lowest BCUT2D eigenvalue weighted by molar-refractivity contribution is 0.0858. The first-order valence-electron chi connectivity index (χ1n) is 5.77. The number of aliphatic hydroxyl groups excluding tert-OH is 1. The number of aliphatic hydroxyl groups is 1. The van der Waals surface area contributed by atoms with Crippen LogP contribution >= 0.6 is 0 Å². The fourth-order valence-electron chi connectivity index (χ4n) is 1.98. The van der Waals surface area contributed by atoms with Gasteiger partial charge in [-0.2, -0.15) is 5.10 Å². The van der Waals surface area contributed by atoms with E-state index in [0.717, 1.165) is 17.7 Å². The van der Waals surface area contributed by atoms with Crippen molar-refractivity contribution < 1.29 is 14.6 Å². The largest absolute Gasteiger partial charge is 0.481 e. The van der Waals surface area contributed by atoms with E-state index < -0.39 is 6.10 Å². The third-order valence-electron chi connectivity index (χ3n) is 3.02. The van der Waals surface area contributed by atoms with E-state index in [1.807, 2.05) is 20.9 Å². The quantitative estimate of drug-likeness (QED) is 0.820. The van der Waals surface area contributed by atoms with Crippen molar-refractivity contribution in [2.24, 2.45) is 13.0 Å². The maximum Gasteiger partial charge on any atom is 0.217 e. The van der Waals surface area contributed by atoms with E-state index in [4.69, 9.17) is 9.47 Å². The van der Waals surface area contributed by atoms with Crippen LogP contribution in [0.15, 0.2) is 0 Å². The maximum absolute atomic E-state index is 10.3. The Hall–Kier alpha value is -1.07. The summed E-state index contributed by atoms with van der Waals surface area (Å²) < 4.78 is 12.0. The summed E-state index contributed by atoms with van der Waals surface area (Å²) in [7, 11) is 5.06. The molecule has 0 fully saturated rings. The molecule has 0 saturated carbocycles. The highest BCUT2D eigenvalue weighted by molar-refractivity contribution is 5.33. The molecule has 5 nitrogen and oxygen atoms in total. The number of rotatable bonds is 6. The minimum absolute atomic E-state index is 0.103. The Bertz CT molecular complexity index is 363. The maximum atomic E-state index is 10.3. The third-order valence-corrected chi connectivity index (χ3v) is 3.02. The molecule has 1 heterocycles. The first-order valence-corrected chi connectivity index (χ1v) is 5.77. The van der Waals surface area contributed by atoms with Gasteiger partial charge in [0.05, 0.1) is 24.5 Å². The fourth-order valence-corrected chi connectivity index (χ4v) is 1.98. The van der Waals surface area contributed by atoms with E-state index in [1.54, 1.807) is 18.9 Å². The Kier molecular flexibility index (Phi) is 4.96. The molecular weight excluding hydrogens is 220 g/mol. The van der Waals surface area contributed by atoms with Gasteiger partial charge in [0, 0.05) is 20.8 Å². The summed E-state index contributed by atoms with van der Waals surface area (Å²) in [5.74, 6) is 0.728. The summed E-state index contributed by atoms with van der Waals surface area (Å²) in [5, 5.41) is 14.6. The van der Waals surface area contributed by atoms with Crippen molar-refractivity contribution >= 4 is 0 Å². The zero-order valence-corrected chi connectivity index (χ0v) is 11.2. The average Bonchev–Trinajstić information content (AvgIpc) is 2.59. The van der Waals surface area contributed by atoms with Crippen LogP contribution in [0.2, 0.25) is 0 Å². The van der Waals surface area contributed by atoms with E-state index in [0.29, 0.717) is 12.5 Å². The Labute approximate surface area is 102 Å². The SMILES string of the molecule is COCCC(C)C(O)c1c(C)nn(C)c1OC. The molecule has 2 unspecified atom stereocenters. The second-order valence-electron chi connectivity index (χ2n) is 4.34. The molecule has 0 amide bonds. The van der Waals surface area contributed by atoms with Crippen LogP contribution in [-0.4, -0.2) is 35.7 Å². The molecule has 2 atom stereocenters. The van der Waals surface area contributed by atoms with Crippen molar-refractivity contribution in [3.05, 3.63) is 11.3 Å². The number of ether oxygens (including phenoxy) is 2. The van der Waals surface area contributed by atoms with Gasteiger partial charge >= 0.3 is 0 Å². The van der Waals surface area contributed by atoms with Gasteiger partial charge in [0.2, 0.25) is 5.88 Å². The predicted molar refractivity (Wildman–Crippen MR) is 65.1 cm³/mol. The van der Waals surface area contributed by atoms with Crippen molar-refractivity contribution in [1.29, 1.82) is 0 Å². The summed E-state index contributed by atoms with van der Waals surface area (Å²) >= 11 is 0. The molecule has 17 heavy (non-hydrogen) atoms. The van der Waals surface area contributed by atoms with Gasteiger partial charge in [-0.25, -0.2) is 4.68 Å². The second kappa shape index (κ2) is 6.02. The van der Waals surface area contributed by atoms with E-state index in [2.05, 4.69) is 5.10 Å². The van der Waals surface area contributed by atoms with Crippen LogP contribution in [0.4, 0.5) is 0 Å². The van der Waals surface area contributed by atoms with Crippen LogP contribution in [0.5, 0.6) is 5.88 Å². The van der Waals surface area contributed by atoms with Gasteiger partial charge in [-0.15, -0.1) is 0 Å². The van der Waals surface area contributed by atoms with Crippen LogP contribution in [0.3, 0.4) is 0 Å². The van der Waals surface area contributed by atoms with Gasteiger partial charge in [0.15, 0.2) is 0 Å². The van der Waals surface area contributed by atoms with Gasteiger partial charge in [0.25, 0.3) is 0 Å². The molecule has 98 valence electrons. The first-order chi connectivity index (χ1) is 8.02. The van der Waals surface area contributed by atoms with Crippen LogP contribution in [0.25, 0.3) is 0 Å². The number of aromatic nitrogens is 2. The highest BCUT2D eigenvalue weighted by atomic mass is 16.5. The van der Waals surface area contributed by atoms with Crippen LogP contribution in [-0.2, 0) is 11.8 Å². The Morgan fingerprint density at radius 1 is 1.41 bits per heavy atom. The third kappa shape index (κ3) is 2.98. The number of nitrogens with zero attached hydrogens (tertiary/aromatic N) is 2. The minimum atomic E-state index is -0.575. The number of methoxy groups -OCH3 is 2. The van der Waals surface area contributed by atoms with Crippen molar-refractivity contribution in [2.75, 3.05) is 20.8 Å². The lowest BCUT2D eigenvalue weighted by atomic mass is 9.95. The predicted octanol–water partition coefficient (Wildman–Crippen LogP) is 1.44. The van der Waals surface area contributed by atoms with Crippen LogP contribution < -0.4 is 4.74 Å². The van der Waals surface area contributed by atoms with Crippen LogP contribution in [0, 0.1) is 12.8 Å². The summed E-state index contributed by atoms with van der Waals surface area (Å²) in [4.78, 5) is 0. The fraction of sp³-hybridized carbons (Fsp3) is 0.750. The first kappa shape index (κ1) is 14.0. The molecule has 0 aromatic carbocycles. The molecule has 0 radical (unpaired) electrons. The molecule has 0 aliphatic carbocycles. The van der Waals surface area contributed by atoms with Crippen LogP contribution in [0.1, 0.15) is 30.7 Å². The molecule has 1 rings (SSSR count). The van der Waals surface area contributed by atoms with Gasteiger partial charge in [-0.05, 0) is 19.3 Å². The lowest BCUT2D eigenvalue weighted by Crippen LogP contribution is -2.13. The molecule has 1 aromatic heterocycles. The summed E-state index contributed by atoms with van der Waals surface area (Å²) in [5.41, 5.74) is 1.58. The van der Waals surface area contributed by atoms with E-state index in [9.17, 15) is 5.11 Å². The Balaban J connectivity index is 2.90. The van der Waals surface area contributed by atoms with Crippen molar-refractivity contribution in [2.45, 2.75) is 26.4 Å². The second-order valence-corrected chi connectivity index (χ2v) is 4.34. The van der Waals surface area contributed by atoms with Gasteiger partial charge in [-0.3, -0.25) is 0 Å². The van der Waals surface area contributed by atoms with Crippen molar-refractivity contribution in [1.82, 2.24) is 9.78 Å². The average molecular weight is 242 g/mol. The summed E-state index contributed by atoms with van der Waals surface area (Å²) in [6.45, 7) is 4.51. The summed E-state index contributed by atoms with van der Waals surface area (Å²) in [6.07, 6.45) is 0.226. The molecule has 0 spiro atoms. The van der Waals surface area contributed by atoms with E-state index in [-0.39, 0.29) is 5.92 Å². The number of hydrogen-bond acceptors (Lipinski definition) is 4. The zero-order chi connectivity index (χ0) is 13.0. The molecule has 0 bridgehead atoms. The van der Waals surface area contributed by atoms with Crippen molar-refractivity contribution in [3.8, 4) is 5.88 Å². The molecule has 5 heteroatoms. The number of hydrogen-bond donors (Lipinski definition) is 1. The minimum Gasteiger partial charge on any atom is -0.481 e. The van der Waals surface area contributed by atoms with Gasteiger partial charge in [0.1, 0.15) is 0 Å². The molecule has 0 aliphatic heterocycles. The monoisotopic (exact) mass is 242 g/mol. The van der Waals surface area contributed by atoms with E-state index >= 15 is 0 Å².